The lowest BCUT2D eigenvalue weighted by atomic mass is 9.48. The van der Waals surface area contributed by atoms with Crippen LogP contribution in [0.3, 0.4) is 0 Å². The van der Waals surface area contributed by atoms with Gasteiger partial charge >= 0.3 is 0 Å². The third-order valence-corrected chi connectivity index (χ3v) is 9.53. The minimum atomic E-state index is -0.887. The minimum absolute atomic E-state index is 0.0789. The van der Waals surface area contributed by atoms with Crippen molar-refractivity contribution in [1.82, 2.24) is 4.90 Å². The Hall–Kier alpha value is -1.42. The summed E-state index contributed by atoms with van der Waals surface area (Å²) >= 11 is 0. The molecule has 5 atom stereocenters. The molecular weight excluding hydrogens is 462 g/mol. The molecule has 2 N–H and O–H groups in total. The quantitative estimate of drug-likeness (QED) is 0.419. The van der Waals surface area contributed by atoms with Crippen LogP contribution in [0.5, 0.6) is 11.5 Å². The van der Waals surface area contributed by atoms with Crippen molar-refractivity contribution in [3.8, 4) is 11.5 Å². The maximum atomic E-state index is 12.4. The number of ether oxygens (including phenoxy) is 5. The fourth-order valence-corrected chi connectivity index (χ4v) is 7.61. The van der Waals surface area contributed by atoms with E-state index in [0.29, 0.717) is 58.2 Å². The van der Waals surface area contributed by atoms with Crippen molar-refractivity contribution in [3.63, 3.8) is 0 Å². The molecule has 2 heterocycles. The van der Waals surface area contributed by atoms with Crippen LogP contribution in [0.25, 0.3) is 0 Å². The van der Waals surface area contributed by atoms with Gasteiger partial charge in [0.25, 0.3) is 0 Å². The standard InChI is InChI=1S/C28H41NO7/c1-32-11-12-33-13-14-34-15-16-35-22-6-5-20-17-23-28(31)8-7-21(30)26-27(28,24(20)25(22)36-26)9-10-29(23)18-19-3-2-4-19/h5-6,19,21,23,26,30-31H,2-4,7-18H2,1H3/t21-,23+,26?,27-,28+/m0/s1. The van der Waals surface area contributed by atoms with E-state index >= 15 is 0 Å². The Morgan fingerprint density at radius 3 is 2.56 bits per heavy atom. The number of benzene rings is 1. The largest absolute Gasteiger partial charge is 0.487 e. The van der Waals surface area contributed by atoms with Gasteiger partial charge in [0.05, 0.1) is 50.2 Å². The fraction of sp³-hybridized carbons (Fsp3) is 0.786. The highest BCUT2D eigenvalue weighted by atomic mass is 16.6. The first-order valence-corrected chi connectivity index (χ1v) is 13.8. The lowest BCUT2D eigenvalue weighted by Gasteiger charge is -2.64. The van der Waals surface area contributed by atoms with Gasteiger partial charge in [0.2, 0.25) is 0 Å². The SMILES string of the molecule is COCCOCCOCCOc1ccc2c3c1OC1[C@@H](O)CC[C@@]4(O)[C@@H](C2)N(CC2CCC2)CC[C@]314. The van der Waals surface area contributed by atoms with Gasteiger partial charge < -0.3 is 33.9 Å². The van der Waals surface area contributed by atoms with Crippen molar-refractivity contribution in [1.29, 1.82) is 0 Å². The number of piperidine rings is 1. The normalized spacial score (nSPS) is 34.7. The van der Waals surface area contributed by atoms with Gasteiger partial charge in [-0.05, 0) is 62.6 Å². The third kappa shape index (κ3) is 3.87. The molecular formula is C28H41NO7. The van der Waals surface area contributed by atoms with Gasteiger partial charge in [-0.15, -0.1) is 0 Å². The molecule has 1 spiro atoms. The average Bonchev–Trinajstić information content (AvgIpc) is 3.20. The van der Waals surface area contributed by atoms with Gasteiger partial charge in [-0.2, -0.15) is 0 Å². The number of aliphatic hydroxyl groups is 2. The molecule has 5 aliphatic rings. The molecule has 3 aliphatic carbocycles. The van der Waals surface area contributed by atoms with E-state index in [4.69, 9.17) is 23.7 Å². The van der Waals surface area contributed by atoms with Crippen LogP contribution < -0.4 is 9.47 Å². The number of likely N-dealkylation sites (tertiary alicyclic amines) is 1. The van der Waals surface area contributed by atoms with E-state index in [1.165, 1.54) is 24.8 Å². The van der Waals surface area contributed by atoms with E-state index in [1.807, 2.05) is 6.07 Å². The number of methoxy groups -OCH3 is 1. The molecule has 36 heavy (non-hydrogen) atoms. The van der Waals surface area contributed by atoms with E-state index < -0.39 is 23.2 Å². The second-order valence-corrected chi connectivity index (χ2v) is 11.3. The maximum Gasteiger partial charge on any atom is 0.166 e. The van der Waals surface area contributed by atoms with Gasteiger partial charge in [0.15, 0.2) is 11.5 Å². The Morgan fingerprint density at radius 2 is 1.81 bits per heavy atom. The summed E-state index contributed by atoms with van der Waals surface area (Å²) < 4.78 is 28.7. The molecule has 3 fully saturated rings. The van der Waals surface area contributed by atoms with E-state index in [9.17, 15) is 10.2 Å². The Kier molecular flexibility index (Phi) is 6.94. The average molecular weight is 504 g/mol. The molecule has 0 aromatic heterocycles. The summed E-state index contributed by atoms with van der Waals surface area (Å²) in [5.41, 5.74) is 0.885. The van der Waals surface area contributed by atoms with Crippen LogP contribution in [0.1, 0.15) is 49.7 Å². The number of rotatable bonds is 12. The summed E-state index contributed by atoms with van der Waals surface area (Å²) in [6, 6.07) is 4.24. The first-order valence-electron chi connectivity index (χ1n) is 13.8. The Morgan fingerprint density at radius 1 is 1.03 bits per heavy atom. The zero-order valence-corrected chi connectivity index (χ0v) is 21.5. The Labute approximate surface area is 213 Å². The van der Waals surface area contributed by atoms with Crippen LogP contribution >= 0.6 is 0 Å². The molecule has 2 aliphatic heterocycles. The van der Waals surface area contributed by atoms with Gasteiger partial charge in [-0.25, -0.2) is 0 Å². The zero-order valence-electron chi connectivity index (χ0n) is 21.5. The van der Waals surface area contributed by atoms with Gasteiger partial charge in [-0.1, -0.05) is 12.5 Å². The second-order valence-electron chi connectivity index (χ2n) is 11.3. The highest BCUT2D eigenvalue weighted by Gasteiger charge is 2.72. The molecule has 2 saturated carbocycles. The topological polar surface area (TPSA) is 89.9 Å². The van der Waals surface area contributed by atoms with Crippen molar-refractivity contribution in [3.05, 3.63) is 23.3 Å². The van der Waals surface area contributed by atoms with Crippen LogP contribution in [-0.4, -0.2) is 98.8 Å². The molecule has 0 radical (unpaired) electrons. The summed E-state index contributed by atoms with van der Waals surface area (Å²) in [7, 11) is 1.65. The molecule has 1 aromatic rings. The number of aliphatic hydroxyl groups excluding tert-OH is 1. The van der Waals surface area contributed by atoms with E-state index in [-0.39, 0.29) is 6.04 Å². The van der Waals surface area contributed by atoms with Crippen LogP contribution in [0.2, 0.25) is 0 Å². The summed E-state index contributed by atoms with van der Waals surface area (Å²) in [6.45, 7) is 5.04. The molecule has 6 rings (SSSR count). The Balaban J connectivity index is 1.19. The van der Waals surface area contributed by atoms with E-state index in [1.54, 1.807) is 7.11 Å². The molecule has 1 aromatic carbocycles. The predicted octanol–water partition coefficient (Wildman–Crippen LogP) is 2.06. The molecule has 8 nitrogen and oxygen atoms in total. The molecule has 1 unspecified atom stereocenters. The van der Waals surface area contributed by atoms with Gasteiger partial charge in [0, 0.05) is 25.3 Å². The summed E-state index contributed by atoms with van der Waals surface area (Å²) in [5, 5.41) is 23.5. The molecule has 1 saturated heterocycles. The van der Waals surface area contributed by atoms with Gasteiger partial charge in [0.1, 0.15) is 12.7 Å². The third-order valence-electron chi connectivity index (χ3n) is 9.53. The van der Waals surface area contributed by atoms with Crippen molar-refractivity contribution in [2.24, 2.45) is 5.92 Å². The number of hydrogen-bond acceptors (Lipinski definition) is 8. The highest BCUT2D eigenvalue weighted by Crippen LogP contribution is 2.65. The zero-order chi connectivity index (χ0) is 24.8. The van der Waals surface area contributed by atoms with Crippen molar-refractivity contribution in [2.75, 3.05) is 59.8 Å². The number of hydrogen-bond donors (Lipinski definition) is 2. The smallest absolute Gasteiger partial charge is 0.166 e. The first kappa shape index (κ1) is 24.9. The fourth-order valence-electron chi connectivity index (χ4n) is 7.61. The minimum Gasteiger partial charge on any atom is -0.487 e. The molecule has 200 valence electrons. The molecule has 2 bridgehead atoms. The molecule has 8 heteroatoms. The van der Waals surface area contributed by atoms with Gasteiger partial charge in [-0.3, -0.25) is 4.90 Å². The monoisotopic (exact) mass is 503 g/mol. The van der Waals surface area contributed by atoms with Crippen LogP contribution in [0.15, 0.2) is 12.1 Å². The van der Waals surface area contributed by atoms with Crippen molar-refractivity contribution >= 4 is 0 Å². The van der Waals surface area contributed by atoms with E-state index in [0.717, 1.165) is 43.2 Å². The van der Waals surface area contributed by atoms with Crippen LogP contribution in [0, 0.1) is 5.92 Å². The Bertz CT molecular complexity index is 939. The predicted molar refractivity (Wildman–Crippen MR) is 133 cm³/mol. The van der Waals surface area contributed by atoms with Crippen LogP contribution in [0.4, 0.5) is 0 Å². The van der Waals surface area contributed by atoms with Crippen molar-refractivity contribution in [2.45, 2.75) is 74.2 Å². The first-order chi connectivity index (χ1) is 17.6. The summed E-state index contributed by atoms with van der Waals surface area (Å²) in [5.74, 6) is 2.17. The second kappa shape index (κ2) is 10.0. The number of nitrogens with zero attached hydrogens (tertiary/aromatic N) is 1. The lowest BCUT2D eigenvalue weighted by Crippen LogP contribution is -2.77. The summed E-state index contributed by atoms with van der Waals surface area (Å²) in [4.78, 5) is 2.56. The van der Waals surface area contributed by atoms with Crippen LogP contribution in [-0.2, 0) is 26.0 Å². The summed E-state index contributed by atoms with van der Waals surface area (Å²) in [6.07, 6.45) is 5.76. The van der Waals surface area contributed by atoms with E-state index in [2.05, 4.69) is 11.0 Å². The maximum absolute atomic E-state index is 12.4. The molecule has 0 amide bonds. The highest BCUT2D eigenvalue weighted by molar-refractivity contribution is 5.63. The van der Waals surface area contributed by atoms with Crippen molar-refractivity contribution < 1.29 is 33.9 Å². The lowest BCUT2D eigenvalue weighted by molar-refractivity contribution is -0.209.